The minimum atomic E-state index is -1.31. The van der Waals surface area contributed by atoms with Crippen molar-refractivity contribution in [1.82, 2.24) is 0 Å². The fraction of sp³-hybridized carbons (Fsp3) is 0.0833. The minimum Gasteiger partial charge on any atom is -0.457 e. The summed E-state index contributed by atoms with van der Waals surface area (Å²) in [6.07, 6.45) is 0.588. The van der Waals surface area contributed by atoms with E-state index in [0.29, 0.717) is 16.9 Å². The van der Waals surface area contributed by atoms with Crippen LogP contribution >= 0.6 is 0 Å². The van der Waals surface area contributed by atoms with Crippen molar-refractivity contribution in [3.63, 3.8) is 0 Å². The summed E-state index contributed by atoms with van der Waals surface area (Å²) in [7, 11) is -1.31. The zero-order valence-corrected chi connectivity index (χ0v) is 9.58. The Bertz CT molecular complexity index is 545. The molecule has 0 bridgehead atoms. The van der Waals surface area contributed by atoms with Gasteiger partial charge < -0.3 is 4.42 Å². The maximum absolute atomic E-state index is 12.7. The Hall–Kier alpha value is -1.75. The molecule has 3 nitrogen and oxygen atoms in total. The van der Waals surface area contributed by atoms with E-state index in [9.17, 15) is 13.4 Å². The van der Waals surface area contributed by atoms with Crippen molar-refractivity contribution in [2.75, 3.05) is 0 Å². The minimum absolute atomic E-state index is 0.166. The number of carbonyl (C=O) groups is 1. The normalized spacial score (nSPS) is 12.3. The van der Waals surface area contributed by atoms with E-state index in [4.69, 9.17) is 4.42 Å². The summed E-state index contributed by atoms with van der Waals surface area (Å²) in [6, 6.07) is 8.57. The summed E-state index contributed by atoms with van der Waals surface area (Å²) in [5, 5.41) is 0. The van der Waals surface area contributed by atoms with E-state index in [1.165, 1.54) is 30.3 Å². The molecule has 5 heteroatoms. The van der Waals surface area contributed by atoms with Crippen molar-refractivity contribution in [2.45, 2.75) is 10.6 Å². The highest BCUT2D eigenvalue weighted by atomic mass is 32.2. The molecule has 0 aliphatic carbocycles. The summed E-state index contributed by atoms with van der Waals surface area (Å²) in [4.78, 5) is 10.9. The number of carbonyl (C=O) groups excluding carboxylic acids is 1. The van der Waals surface area contributed by atoms with Crippen LogP contribution in [-0.2, 0) is 16.6 Å². The molecule has 2 aromatic rings. The number of halogens is 1. The molecule has 0 saturated heterocycles. The summed E-state index contributed by atoms with van der Waals surface area (Å²) in [6.45, 7) is 0. The van der Waals surface area contributed by atoms with Crippen LogP contribution in [0.2, 0.25) is 0 Å². The second-order valence-corrected chi connectivity index (χ2v) is 4.82. The number of aldehydes is 1. The average molecular weight is 252 g/mol. The summed E-state index contributed by atoms with van der Waals surface area (Å²) in [5.41, 5.74) is 0. The fourth-order valence-corrected chi connectivity index (χ4v) is 2.35. The lowest BCUT2D eigenvalue weighted by Crippen LogP contribution is -1.95. The van der Waals surface area contributed by atoms with Crippen LogP contribution in [0.15, 0.2) is 45.7 Å². The molecule has 0 amide bonds. The third-order valence-corrected chi connectivity index (χ3v) is 3.49. The van der Waals surface area contributed by atoms with E-state index < -0.39 is 10.8 Å². The Kier molecular flexibility index (Phi) is 3.49. The highest BCUT2D eigenvalue weighted by Gasteiger charge is 2.08. The molecule has 1 atom stereocenters. The SMILES string of the molecule is O=Cc1ccc(CS(=O)c2ccc(F)cc2)o1. The van der Waals surface area contributed by atoms with Crippen LogP contribution in [0.4, 0.5) is 4.39 Å². The quantitative estimate of drug-likeness (QED) is 0.785. The van der Waals surface area contributed by atoms with Crippen LogP contribution in [0.1, 0.15) is 16.3 Å². The van der Waals surface area contributed by atoms with Crippen LogP contribution in [0, 0.1) is 5.82 Å². The first kappa shape index (κ1) is 11.7. The Morgan fingerprint density at radius 1 is 1.18 bits per heavy atom. The van der Waals surface area contributed by atoms with Gasteiger partial charge in [0, 0.05) is 4.90 Å². The fourth-order valence-electron chi connectivity index (χ4n) is 1.33. The van der Waals surface area contributed by atoms with Crippen LogP contribution in [0.25, 0.3) is 0 Å². The van der Waals surface area contributed by atoms with Crippen LogP contribution in [0.3, 0.4) is 0 Å². The van der Waals surface area contributed by atoms with E-state index in [-0.39, 0.29) is 17.3 Å². The third-order valence-electron chi connectivity index (χ3n) is 2.15. The van der Waals surface area contributed by atoms with Crippen molar-refractivity contribution in [3.05, 3.63) is 53.7 Å². The lowest BCUT2D eigenvalue weighted by molar-refractivity contribution is 0.109. The lowest BCUT2D eigenvalue weighted by Gasteiger charge is -1.99. The predicted octanol–water partition coefficient (Wildman–Crippen LogP) is 2.54. The molecular weight excluding hydrogens is 243 g/mol. The first-order chi connectivity index (χ1) is 8.19. The summed E-state index contributed by atoms with van der Waals surface area (Å²) >= 11 is 0. The van der Waals surface area contributed by atoms with Gasteiger partial charge in [0.15, 0.2) is 12.0 Å². The average Bonchev–Trinajstić information content (AvgIpc) is 2.77. The molecule has 17 heavy (non-hydrogen) atoms. The zero-order valence-electron chi connectivity index (χ0n) is 8.76. The van der Waals surface area contributed by atoms with Gasteiger partial charge in [-0.1, -0.05) is 0 Å². The van der Waals surface area contributed by atoms with Crippen molar-refractivity contribution in [1.29, 1.82) is 0 Å². The molecule has 0 radical (unpaired) electrons. The number of benzene rings is 1. The lowest BCUT2D eigenvalue weighted by atomic mass is 10.4. The molecule has 0 aliphatic heterocycles. The molecule has 0 N–H and O–H groups in total. The van der Waals surface area contributed by atoms with Gasteiger partial charge >= 0.3 is 0 Å². The van der Waals surface area contributed by atoms with Gasteiger partial charge in [-0.3, -0.25) is 9.00 Å². The maximum atomic E-state index is 12.7. The zero-order chi connectivity index (χ0) is 12.3. The molecule has 1 aromatic carbocycles. The summed E-state index contributed by atoms with van der Waals surface area (Å²) < 4.78 is 29.6. The van der Waals surface area contributed by atoms with Gasteiger partial charge in [-0.15, -0.1) is 0 Å². The van der Waals surface area contributed by atoms with E-state index in [0.717, 1.165) is 0 Å². The Balaban J connectivity index is 2.11. The van der Waals surface area contributed by atoms with Crippen LogP contribution in [-0.4, -0.2) is 10.5 Å². The standard InChI is InChI=1S/C12H9FO3S/c13-9-1-5-12(6-2-9)17(15)8-11-4-3-10(7-14)16-11/h1-7H,8H2. The van der Waals surface area contributed by atoms with E-state index in [1.54, 1.807) is 6.07 Å². The molecule has 1 unspecified atom stereocenters. The van der Waals surface area contributed by atoms with Crippen molar-refractivity contribution in [2.24, 2.45) is 0 Å². The van der Waals surface area contributed by atoms with Gasteiger partial charge in [0.05, 0.1) is 16.6 Å². The molecule has 0 saturated carbocycles. The first-order valence-electron chi connectivity index (χ1n) is 4.87. The number of furan rings is 1. The Morgan fingerprint density at radius 2 is 1.88 bits per heavy atom. The molecule has 0 aliphatic rings. The van der Waals surface area contributed by atoms with Gasteiger partial charge in [0.25, 0.3) is 0 Å². The molecule has 2 rings (SSSR count). The Labute approximate surface area is 99.7 Å². The molecule has 1 heterocycles. The third kappa shape index (κ3) is 2.88. The number of hydrogen-bond acceptors (Lipinski definition) is 3. The van der Waals surface area contributed by atoms with E-state index in [1.807, 2.05) is 0 Å². The smallest absolute Gasteiger partial charge is 0.185 e. The topological polar surface area (TPSA) is 47.3 Å². The van der Waals surface area contributed by atoms with Crippen molar-refractivity contribution >= 4 is 17.1 Å². The van der Waals surface area contributed by atoms with Gasteiger partial charge in [-0.2, -0.15) is 0 Å². The van der Waals surface area contributed by atoms with Crippen LogP contribution in [0.5, 0.6) is 0 Å². The monoisotopic (exact) mass is 252 g/mol. The number of hydrogen-bond donors (Lipinski definition) is 0. The van der Waals surface area contributed by atoms with E-state index >= 15 is 0 Å². The highest BCUT2D eigenvalue weighted by molar-refractivity contribution is 7.84. The Morgan fingerprint density at radius 3 is 2.47 bits per heavy atom. The number of rotatable bonds is 4. The van der Waals surface area contributed by atoms with E-state index in [2.05, 4.69) is 0 Å². The molecule has 0 fully saturated rings. The second-order valence-electron chi connectivity index (χ2n) is 3.37. The van der Waals surface area contributed by atoms with Crippen molar-refractivity contribution < 1.29 is 17.8 Å². The van der Waals surface area contributed by atoms with Crippen molar-refractivity contribution in [3.8, 4) is 0 Å². The predicted molar refractivity (Wildman–Crippen MR) is 60.6 cm³/mol. The first-order valence-corrected chi connectivity index (χ1v) is 6.19. The molecule has 0 spiro atoms. The highest BCUT2D eigenvalue weighted by Crippen LogP contribution is 2.14. The van der Waals surface area contributed by atoms with Gasteiger partial charge in [-0.25, -0.2) is 4.39 Å². The van der Waals surface area contributed by atoms with Gasteiger partial charge in [-0.05, 0) is 36.4 Å². The van der Waals surface area contributed by atoms with Gasteiger partial charge in [0.2, 0.25) is 0 Å². The largest absolute Gasteiger partial charge is 0.457 e. The molecular formula is C12H9FO3S. The second kappa shape index (κ2) is 5.05. The molecule has 1 aromatic heterocycles. The van der Waals surface area contributed by atoms with Gasteiger partial charge in [0.1, 0.15) is 11.6 Å². The van der Waals surface area contributed by atoms with Crippen LogP contribution < -0.4 is 0 Å². The molecule has 88 valence electrons. The maximum Gasteiger partial charge on any atom is 0.185 e. The summed E-state index contributed by atoms with van der Waals surface area (Å²) in [5.74, 6) is 0.470.